The number of hydrogen-bond donors (Lipinski definition) is 3. The number of carboxylic acids is 1. The molecule has 0 fully saturated rings. The third-order valence-corrected chi connectivity index (χ3v) is 6.27. The van der Waals surface area contributed by atoms with Crippen molar-refractivity contribution in [2.45, 2.75) is 44.1 Å². The molecule has 0 spiro atoms. The lowest BCUT2D eigenvalue weighted by molar-refractivity contribution is -0.141. The molecular weight excluding hydrogens is 479 g/mol. The molecule has 3 aromatic carbocycles. The summed E-state index contributed by atoms with van der Waals surface area (Å²) in [5.41, 5.74) is -0.0387. The number of rotatable bonds is 7. The van der Waals surface area contributed by atoms with E-state index in [4.69, 9.17) is 9.47 Å². The van der Waals surface area contributed by atoms with Gasteiger partial charge in [-0.05, 0) is 55.8 Å². The van der Waals surface area contributed by atoms with Crippen molar-refractivity contribution >= 4 is 17.6 Å². The number of carbonyl (C=O) groups excluding carboxylic acids is 1. The van der Waals surface area contributed by atoms with Crippen LogP contribution in [0, 0.1) is 17.1 Å². The number of benzene rings is 3. The Morgan fingerprint density at radius 3 is 2.57 bits per heavy atom. The SMILES string of the molecule is CC1(C)Oc2ccc(C#N)cc2[C@H](C(Nc2ccc(F)c(C(=O)OCc3ccccc3)c2)C(=O)O)[C@H]1O. The lowest BCUT2D eigenvalue weighted by Gasteiger charge is -2.44. The average Bonchev–Trinajstić information content (AvgIpc) is 2.88. The number of aliphatic carboxylic acids is 1. The number of anilines is 1. The number of aliphatic hydroxyl groups excluding tert-OH is 1. The number of aliphatic hydroxyl groups is 1. The number of ether oxygens (including phenoxy) is 2. The molecule has 1 aliphatic rings. The number of fused-ring (bicyclic) bond motifs is 1. The van der Waals surface area contributed by atoms with Gasteiger partial charge in [-0.2, -0.15) is 5.26 Å². The van der Waals surface area contributed by atoms with Crippen molar-refractivity contribution in [1.29, 1.82) is 5.26 Å². The second-order valence-electron chi connectivity index (χ2n) is 9.26. The van der Waals surface area contributed by atoms with Crippen molar-refractivity contribution in [3.05, 3.63) is 94.8 Å². The van der Waals surface area contributed by atoms with Crippen LogP contribution in [-0.2, 0) is 16.1 Å². The highest BCUT2D eigenvalue weighted by Crippen LogP contribution is 2.44. The van der Waals surface area contributed by atoms with E-state index in [-0.39, 0.29) is 23.4 Å². The number of carbonyl (C=O) groups is 2. The summed E-state index contributed by atoms with van der Waals surface area (Å²) in [5.74, 6) is -3.73. The highest BCUT2D eigenvalue weighted by molar-refractivity contribution is 5.91. The van der Waals surface area contributed by atoms with Crippen LogP contribution in [-0.4, -0.2) is 39.9 Å². The van der Waals surface area contributed by atoms with Crippen LogP contribution in [0.25, 0.3) is 0 Å². The monoisotopic (exact) mass is 504 g/mol. The number of hydrogen-bond acceptors (Lipinski definition) is 7. The molecule has 0 radical (unpaired) electrons. The second-order valence-corrected chi connectivity index (χ2v) is 9.26. The standard InChI is InChI=1S/C28H25FN2O6/c1-28(2)25(32)23(20-12-17(14-30)8-11-22(20)37-28)24(26(33)34)31-18-9-10-21(29)19(13-18)27(35)36-15-16-6-4-3-5-7-16/h3-13,23-25,31-32H,15H2,1-2H3,(H,33,34)/t23-,24?,25-/m1/s1. The van der Waals surface area contributed by atoms with Crippen LogP contribution in [0.1, 0.15) is 46.8 Å². The number of carboxylic acid groups (broad SMARTS) is 1. The van der Waals surface area contributed by atoms with Crippen molar-refractivity contribution in [2.75, 3.05) is 5.32 Å². The molecule has 0 amide bonds. The van der Waals surface area contributed by atoms with E-state index >= 15 is 0 Å². The van der Waals surface area contributed by atoms with E-state index in [9.17, 15) is 29.5 Å². The largest absolute Gasteiger partial charge is 0.485 e. The first-order chi connectivity index (χ1) is 17.6. The minimum atomic E-state index is -1.41. The summed E-state index contributed by atoms with van der Waals surface area (Å²) >= 11 is 0. The topological polar surface area (TPSA) is 129 Å². The maximum absolute atomic E-state index is 14.5. The predicted molar refractivity (Wildman–Crippen MR) is 132 cm³/mol. The van der Waals surface area contributed by atoms with E-state index < -0.39 is 41.4 Å². The van der Waals surface area contributed by atoms with Gasteiger partial charge in [0, 0.05) is 17.2 Å². The zero-order valence-corrected chi connectivity index (χ0v) is 20.1. The molecule has 0 saturated carbocycles. The normalized spacial score (nSPS) is 18.5. The smallest absolute Gasteiger partial charge is 0.341 e. The van der Waals surface area contributed by atoms with Crippen LogP contribution in [0.3, 0.4) is 0 Å². The van der Waals surface area contributed by atoms with Gasteiger partial charge >= 0.3 is 11.9 Å². The molecule has 1 aliphatic heterocycles. The molecular formula is C28H25FN2O6. The van der Waals surface area contributed by atoms with Crippen molar-refractivity contribution in [1.82, 2.24) is 0 Å². The average molecular weight is 505 g/mol. The molecule has 37 heavy (non-hydrogen) atoms. The number of esters is 1. The molecule has 1 unspecified atom stereocenters. The Labute approximate surface area is 212 Å². The minimum Gasteiger partial charge on any atom is -0.485 e. The van der Waals surface area contributed by atoms with Crippen LogP contribution >= 0.6 is 0 Å². The number of halogens is 1. The zero-order valence-electron chi connectivity index (χ0n) is 20.1. The summed E-state index contributed by atoms with van der Waals surface area (Å²) in [6.45, 7) is 3.20. The van der Waals surface area contributed by atoms with Gasteiger partial charge in [-0.1, -0.05) is 30.3 Å². The lowest BCUT2D eigenvalue weighted by atomic mass is 9.76. The molecule has 1 heterocycles. The molecule has 3 aromatic rings. The van der Waals surface area contributed by atoms with Gasteiger partial charge in [0.2, 0.25) is 0 Å². The van der Waals surface area contributed by atoms with E-state index in [1.165, 1.54) is 18.2 Å². The molecule has 3 N–H and O–H groups in total. The molecule has 0 aromatic heterocycles. The predicted octanol–water partition coefficient (Wildman–Crippen LogP) is 4.24. The first kappa shape index (κ1) is 25.7. The Morgan fingerprint density at radius 2 is 1.89 bits per heavy atom. The Morgan fingerprint density at radius 1 is 1.16 bits per heavy atom. The molecule has 0 bridgehead atoms. The fourth-order valence-electron chi connectivity index (χ4n) is 4.34. The van der Waals surface area contributed by atoms with E-state index in [1.807, 2.05) is 12.1 Å². The Kier molecular flexibility index (Phi) is 7.14. The summed E-state index contributed by atoms with van der Waals surface area (Å²) in [4.78, 5) is 25.0. The fraction of sp³-hybridized carbons (Fsp3) is 0.250. The lowest BCUT2D eigenvalue weighted by Crippen LogP contribution is -2.54. The van der Waals surface area contributed by atoms with Gasteiger partial charge in [0.05, 0.1) is 17.2 Å². The van der Waals surface area contributed by atoms with E-state index in [1.54, 1.807) is 50.2 Å². The molecule has 4 rings (SSSR count). The van der Waals surface area contributed by atoms with E-state index in [0.717, 1.165) is 11.6 Å². The summed E-state index contributed by atoms with van der Waals surface area (Å²) in [5, 5.41) is 33.4. The molecule has 0 aliphatic carbocycles. The minimum absolute atomic E-state index is 0.0596. The maximum atomic E-state index is 14.5. The third-order valence-electron chi connectivity index (χ3n) is 6.27. The zero-order chi connectivity index (χ0) is 26.7. The third kappa shape index (κ3) is 5.39. The van der Waals surface area contributed by atoms with Crippen molar-refractivity contribution < 1.29 is 33.7 Å². The number of nitrogens with zero attached hydrogens (tertiary/aromatic N) is 1. The number of nitriles is 1. The first-order valence-corrected chi connectivity index (χ1v) is 11.5. The van der Waals surface area contributed by atoms with Gasteiger partial charge in [0.1, 0.15) is 35.9 Å². The van der Waals surface area contributed by atoms with Gasteiger partial charge in [-0.15, -0.1) is 0 Å². The Hall–Kier alpha value is -4.42. The van der Waals surface area contributed by atoms with Crippen molar-refractivity contribution in [3.63, 3.8) is 0 Å². The second kappa shape index (κ2) is 10.3. The first-order valence-electron chi connectivity index (χ1n) is 11.5. The van der Waals surface area contributed by atoms with Crippen molar-refractivity contribution in [2.24, 2.45) is 0 Å². The van der Waals surface area contributed by atoms with Gasteiger partial charge in [-0.3, -0.25) is 0 Å². The summed E-state index contributed by atoms with van der Waals surface area (Å²) in [6, 6.07) is 17.6. The highest BCUT2D eigenvalue weighted by Gasteiger charge is 2.48. The van der Waals surface area contributed by atoms with Crippen LogP contribution in [0.2, 0.25) is 0 Å². The van der Waals surface area contributed by atoms with Crippen molar-refractivity contribution in [3.8, 4) is 11.8 Å². The highest BCUT2D eigenvalue weighted by atomic mass is 19.1. The molecule has 8 nitrogen and oxygen atoms in total. The maximum Gasteiger partial charge on any atom is 0.341 e. The summed E-state index contributed by atoms with van der Waals surface area (Å²) < 4.78 is 25.6. The van der Waals surface area contributed by atoms with Gasteiger partial charge < -0.3 is 25.0 Å². The summed E-state index contributed by atoms with van der Waals surface area (Å²) in [6.07, 6.45) is -1.28. The Balaban J connectivity index is 1.64. The summed E-state index contributed by atoms with van der Waals surface area (Å²) in [7, 11) is 0. The van der Waals surface area contributed by atoms with Gasteiger partial charge in [0.15, 0.2) is 0 Å². The van der Waals surface area contributed by atoms with E-state index in [2.05, 4.69) is 5.32 Å². The molecule has 0 saturated heterocycles. The van der Waals surface area contributed by atoms with E-state index in [0.29, 0.717) is 11.3 Å². The molecule has 9 heteroatoms. The Bertz CT molecular complexity index is 1370. The quantitative estimate of drug-likeness (QED) is 0.408. The van der Waals surface area contributed by atoms with Gasteiger partial charge in [0.25, 0.3) is 0 Å². The molecule has 190 valence electrons. The fourth-order valence-corrected chi connectivity index (χ4v) is 4.34. The van der Waals surface area contributed by atoms with Crippen LogP contribution in [0.5, 0.6) is 5.75 Å². The number of nitrogens with one attached hydrogen (secondary N) is 1. The van der Waals surface area contributed by atoms with Crippen LogP contribution < -0.4 is 10.1 Å². The molecule has 3 atom stereocenters. The van der Waals surface area contributed by atoms with Crippen LogP contribution in [0.15, 0.2) is 66.7 Å². The van der Waals surface area contributed by atoms with Gasteiger partial charge in [-0.25, -0.2) is 14.0 Å². The van der Waals surface area contributed by atoms with Crippen LogP contribution in [0.4, 0.5) is 10.1 Å².